The lowest BCUT2D eigenvalue weighted by atomic mass is 9.95. The molecule has 1 aliphatic heterocycles. The van der Waals surface area contributed by atoms with E-state index in [1.807, 2.05) is 24.3 Å². The van der Waals surface area contributed by atoms with Gasteiger partial charge in [-0.1, -0.05) is 19.4 Å². The highest BCUT2D eigenvalue weighted by Crippen LogP contribution is 2.22. The average molecular weight is 369 g/mol. The summed E-state index contributed by atoms with van der Waals surface area (Å²) >= 11 is 0. The maximum absolute atomic E-state index is 12.8. The van der Waals surface area contributed by atoms with Gasteiger partial charge in [0.15, 0.2) is 0 Å². The van der Waals surface area contributed by atoms with E-state index in [1.54, 1.807) is 18.1 Å². The monoisotopic (exact) mass is 369 g/mol. The van der Waals surface area contributed by atoms with Crippen LogP contribution in [0.4, 0.5) is 0 Å². The summed E-state index contributed by atoms with van der Waals surface area (Å²) in [5.41, 5.74) is 1.21. The largest absolute Gasteiger partial charge is 0.497 e. The fraction of sp³-hybridized carbons (Fsp3) is 0.476. The van der Waals surface area contributed by atoms with E-state index >= 15 is 0 Å². The van der Waals surface area contributed by atoms with Crippen LogP contribution in [0, 0.1) is 5.92 Å². The second kappa shape index (κ2) is 8.84. The van der Waals surface area contributed by atoms with E-state index in [0.29, 0.717) is 31.6 Å². The zero-order chi connectivity index (χ0) is 19.2. The number of pyridine rings is 1. The predicted octanol–water partition coefficient (Wildman–Crippen LogP) is 3.01. The van der Waals surface area contributed by atoms with Crippen LogP contribution < -0.4 is 10.1 Å². The van der Waals surface area contributed by atoms with Crippen molar-refractivity contribution in [1.82, 2.24) is 15.2 Å². The van der Waals surface area contributed by atoms with Gasteiger partial charge in [0, 0.05) is 30.9 Å². The van der Waals surface area contributed by atoms with Crippen LogP contribution in [0.5, 0.6) is 5.75 Å². The van der Waals surface area contributed by atoms with Crippen LogP contribution in [0.1, 0.15) is 43.1 Å². The molecule has 6 heteroatoms. The Kier molecular flexibility index (Phi) is 6.27. The molecule has 1 fully saturated rings. The van der Waals surface area contributed by atoms with E-state index < -0.39 is 0 Å². The lowest BCUT2D eigenvalue weighted by molar-refractivity contribution is -0.126. The molecule has 0 saturated carbocycles. The van der Waals surface area contributed by atoms with Crippen LogP contribution in [0.2, 0.25) is 0 Å². The van der Waals surface area contributed by atoms with E-state index in [0.717, 1.165) is 36.0 Å². The molecule has 6 nitrogen and oxygen atoms in total. The molecular formula is C21H27N3O3. The summed E-state index contributed by atoms with van der Waals surface area (Å²) in [4.78, 5) is 31.3. The number of benzene rings is 1. The molecule has 144 valence electrons. The number of methoxy groups -OCH3 is 1. The lowest BCUT2D eigenvalue weighted by Crippen LogP contribution is -2.43. The van der Waals surface area contributed by atoms with Crippen LogP contribution in [0.3, 0.4) is 0 Å². The van der Waals surface area contributed by atoms with Crippen LogP contribution in [0.25, 0.3) is 10.9 Å². The van der Waals surface area contributed by atoms with Gasteiger partial charge in [0.2, 0.25) is 5.91 Å². The maximum atomic E-state index is 12.8. The average Bonchev–Trinajstić information content (AvgIpc) is 2.72. The van der Waals surface area contributed by atoms with Crippen LogP contribution in [-0.4, -0.2) is 48.4 Å². The number of carbonyl (C=O) groups is 2. The van der Waals surface area contributed by atoms with Crippen molar-refractivity contribution < 1.29 is 14.3 Å². The van der Waals surface area contributed by atoms with Gasteiger partial charge in [-0.3, -0.25) is 9.59 Å². The first-order valence-electron chi connectivity index (χ1n) is 9.64. The number of nitrogens with zero attached hydrogens (tertiary/aromatic N) is 2. The van der Waals surface area contributed by atoms with Gasteiger partial charge in [0.1, 0.15) is 11.4 Å². The molecule has 0 aliphatic carbocycles. The Hall–Kier alpha value is -2.63. The summed E-state index contributed by atoms with van der Waals surface area (Å²) in [7, 11) is 1.63. The molecule has 27 heavy (non-hydrogen) atoms. The molecule has 1 aromatic carbocycles. The zero-order valence-electron chi connectivity index (χ0n) is 16.0. The van der Waals surface area contributed by atoms with Crippen LogP contribution in [-0.2, 0) is 4.79 Å². The lowest BCUT2D eigenvalue weighted by Gasteiger charge is -2.31. The van der Waals surface area contributed by atoms with E-state index in [1.165, 1.54) is 0 Å². The Morgan fingerprint density at radius 2 is 2.00 bits per heavy atom. The number of likely N-dealkylation sites (tertiary alicyclic amines) is 1. The molecule has 0 atom stereocenters. The summed E-state index contributed by atoms with van der Waals surface area (Å²) in [6.45, 7) is 4.02. The number of fused-ring (bicyclic) bond motifs is 1. The number of unbranched alkanes of at least 4 members (excludes halogenated alkanes) is 1. The highest BCUT2D eigenvalue weighted by molar-refractivity contribution is 5.95. The normalized spacial score (nSPS) is 15.0. The first-order chi connectivity index (χ1) is 13.1. The second-order valence-electron chi connectivity index (χ2n) is 6.97. The number of nitrogens with one attached hydrogen (secondary N) is 1. The quantitative estimate of drug-likeness (QED) is 0.795. The third kappa shape index (κ3) is 4.56. The Labute approximate surface area is 159 Å². The van der Waals surface area contributed by atoms with Gasteiger partial charge in [-0.05, 0) is 43.5 Å². The molecule has 2 heterocycles. The fourth-order valence-electron chi connectivity index (χ4n) is 3.39. The predicted molar refractivity (Wildman–Crippen MR) is 105 cm³/mol. The van der Waals surface area contributed by atoms with E-state index in [-0.39, 0.29) is 17.7 Å². The number of piperidine rings is 1. The maximum Gasteiger partial charge on any atom is 0.272 e. The van der Waals surface area contributed by atoms with Gasteiger partial charge in [0.05, 0.1) is 12.6 Å². The third-order valence-electron chi connectivity index (χ3n) is 5.10. The number of hydrogen-bond acceptors (Lipinski definition) is 4. The summed E-state index contributed by atoms with van der Waals surface area (Å²) in [5.74, 6) is 0.816. The van der Waals surface area contributed by atoms with Crippen LogP contribution >= 0.6 is 0 Å². The van der Waals surface area contributed by atoms with Crippen molar-refractivity contribution in [3.63, 3.8) is 0 Å². The van der Waals surface area contributed by atoms with Crippen molar-refractivity contribution in [1.29, 1.82) is 0 Å². The van der Waals surface area contributed by atoms with Crippen LogP contribution in [0.15, 0.2) is 30.3 Å². The van der Waals surface area contributed by atoms with E-state index in [9.17, 15) is 9.59 Å². The standard InChI is InChI=1S/C21H27N3O3/c1-3-4-11-22-20(25)15-9-12-24(13-10-15)21(26)19-7-5-16-14-17(27-2)6-8-18(16)23-19/h5-8,14-15H,3-4,9-13H2,1-2H3,(H,22,25). The number of rotatable bonds is 6. The smallest absolute Gasteiger partial charge is 0.272 e. The molecule has 1 saturated heterocycles. The Bertz CT molecular complexity index is 813. The Morgan fingerprint density at radius 3 is 2.70 bits per heavy atom. The van der Waals surface area contributed by atoms with Gasteiger partial charge in [-0.2, -0.15) is 0 Å². The molecule has 0 spiro atoms. The summed E-state index contributed by atoms with van der Waals surface area (Å²) < 4.78 is 5.22. The molecule has 0 radical (unpaired) electrons. The van der Waals surface area contributed by atoms with E-state index in [4.69, 9.17) is 4.74 Å². The topological polar surface area (TPSA) is 71.5 Å². The Morgan fingerprint density at radius 1 is 1.22 bits per heavy atom. The van der Waals surface area contributed by atoms with Crippen molar-refractivity contribution >= 4 is 22.7 Å². The van der Waals surface area contributed by atoms with Crippen molar-refractivity contribution in [3.05, 3.63) is 36.0 Å². The number of ether oxygens (including phenoxy) is 1. The van der Waals surface area contributed by atoms with Crippen molar-refractivity contribution in [2.75, 3.05) is 26.7 Å². The molecule has 1 aliphatic rings. The first-order valence-corrected chi connectivity index (χ1v) is 9.64. The molecule has 1 aromatic heterocycles. The molecule has 1 N–H and O–H groups in total. The highest BCUT2D eigenvalue weighted by Gasteiger charge is 2.28. The number of aromatic nitrogens is 1. The van der Waals surface area contributed by atoms with Gasteiger partial charge >= 0.3 is 0 Å². The van der Waals surface area contributed by atoms with E-state index in [2.05, 4.69) is 17.2 Å². The molecule has 0 unspecified atom stereocenters. The molecular weight excluding hydrogens is 342 g/mol. The number of hydrogen-bond donors (Lipinski definition) is 1. The third-order valence-corrected chi connectivity index (χ3v) is 5.10. The first kappa shape index (κ1) is 19.1. The minimum absolute atomic E-state index is 0.00272. The molecule has 3 rings (SSSR count). The van der Waals surface area contributed by atoms with Gasteiger partial charge in [-0.15, -0.1) is 0 Å². The number of amides is 2. The summed E-state index contributed by atoms with van der Waals surface area (Å²) in [6, 6.07) is 9.25. The Balaban J connectivity index is 1.60. The fourth-order valence-corrected chi connectivity index (χ4v) is 3.39. The molecule has 2 amide bonds. The van der Waals surface area contributed by atoms with Gasteiger partial charge < -0.3 is 15.0 Å². The van der Waals surface area contributed by atoms with Crippen molar-refractivity contribution in [3.8, 4) is 5.75 Å². The highest BCUT2D eigenvalue weighted by atomic mass is 16.5. The number of carbonyl (C=O) groups excluding carboxylic acids is 2. The van der Waals surface area contributed by atoms with Crippen molar-refractivity contribution in [2.24, 2.45) is 5.92 Å². The summed E-state index contributed by atoms with van der Waals surface area (Å²) in [6.07, 6.45) is 3.48. The zero-order valence-corrected chi connectivity index (χ0v) is 16.0. The summed E-state index contributed by atoms with van der Waals surface area (Å²) in [5, 5.41) is 3.93. The molecule has 0 bridgehead atoms. The second-order valence-corrected chi connectivity index (χ2v) is 6.97. The van der Waals surface area contributed by atoms with Gasteiger partial charge in [0.25, 0.3) is 5.91 Å². The molecule has 2 aromatic rings. The van der Waals surface area contributed by atoms with Gasteiger partial charge in [-0.25, -0.2) is 4.98 Å². The SMILES string of the molecule is CCCCNC(=O)C1CCN(C(=O)c2ccc3cc(OC)ccc3n2)CC1. The minimum Gasteiger partial charge on any atom is -0.497 e. The van der Waals surface area contributed by atoms with Crippen molar-refractivity contribution in [2.45, 2.75) is 32.6 Å². The minimum atomic E-state index is -0.0717.